The van der Waals surface area contributed by atoms with Crippen molar-refractivity contribution in [3.63, 3.8) is 0 Å². The first-order valence-corrected chi connectivity index (χ1v) is 7.79. The van der Waals surface area contributed by atoms with Crippen molar-refractivity contribution >= 4 is 0 Å². The molecule has 2 aromatic rings. The summed E-state index contributed by atoms with van der Waals surface area (Å²) in [6.07, 6.45) is 2.25. The lowest BCUT2D eigenvalue weighted by atomic mass is 9.92. The minimum atomic E-state index is -0.294. The molecule has 110 valence electrons. The Morgan fingerprint density at radius 3 is 2.00 bits per heavy atom. The Morgan fingerprint density at radius 2 is 1.43 bits per heavy atom. The zero-order valence-electron chi connectivity index (χ0n) is 12.8. The molecule has 0 saturated heterocycles. The average Bonchev–Trinajstić information content (AvgIpc) is 2.71. The Bertz CT molecular complexity index is 563. The van der Waals surface area contributed by atoms with Gasteiger partial charge in [0.2, 0.25) is 0 Å². The van der Waals surface area contributed by atoms with Gasteiger partial charge in [-0.25, -0.2) is 0 Å². The Balaban J connectivity index is 1.69. The Morgan fingerprint density at radius 1 is 0.905 bits per heavy atom. The van der Waals surface area contributed by atoms with E-state index in [1.165, 1.54) is 16.7 Å². The van der Waals surface area contributed by atoms with Crippen molar-refractivity contribution in [2.75, 3.05) is 19.6 Å². The van der Waals surface area contributed by atoms with Crippen LogP contribution in [0.5, 0.6) is 0 Å². The lowest BCUT2D eigenvalue weighted by Gasteiger charge is -2.32. The van der Waals surface area contributed by atoms with Gasteiger partial charge in [-0.15, -0.1) is 0 Å². The van der Waals surface area contributed by atoms with E-state index in [9.17, 15) is 0 Å². The zero-order valence-corrected chi connectivity index (χ0v) is 12.8. The van der Waals surface area contributed by atoms with Crippen molar-refractivity contribution in [2.24, 2.45) is 5.73 Å². The molecule has 0 radical (unpaired) electrons. The summed E-state index contributed by atoms with van der Waals surface area (Å²) in [7, 11) is 0. The van der Waals surface area contributed by atoms with Crippen LogP contribution in [0.2, 0.25) is 0 Å². The highest BCUT2D eigenvalue weighted by atomic mass is 15.1. The van der Waals surface area contributed by atoms with Crippen LogP contribution in [0.25, 0.3) is 0 Å². The molecule has 2 nitrogen and oxygen atoms in total. The lowest BCUT2D eigenvalue weighted by molar-refractivity contribution is 0.226. The van der Waals surface area contributed by atoms with Gasteiger partial charge in [0.05, 0.1) is 5.54 Å². The third-order valence-electron chi connectivity index (χ3n) is 4.50. The maximum absolute atomic E-state index is 6.58. The summed E-state index contributed by atoms with van der Waals surface area (Å²) in [6, 6.07) is 19.3. The van der Waals surface area contributed by atoms with Gasteiger partial charge in [0.25, 0.3) is 0 Å². The zero-order chi connectivity index (χ0) is 14.7. The molecule has 21 heavy (non-hydrogen) atoms. The second-order valence-corrected chi connectivity index (χ2v) is 6.33. The predicted octanol–water partition coefficient (Wildman–Crippen LogP) is 2.96. The van der Waals surface area contributed by atoms with E-state index in [1.54, 1.807) is 0 Å². The van der Waals surface area contributed by atoms with E-state index >= 15 is 0 Å². The summed E-state index contributed by atoms with van der Waals surface area (Å²) in [5.74, 6) is 0. The van der Waals surface area contributed by atoms with E-state index in [0.717, 1.165) is 32.5 Å². The molecule has 1 aliphatic heterocycles. The Hall–Kier alpha value is -1.64. The van der Waals surface area contributed by atoms with Gasteiger partial charge in [-0.1, -0.05) is 54.6 Å². The lowest BCUT2D eigenvalue weighted by Crippen LogP contribution is -2.46. The van der Waals surface area contributed by atoms with Crippen LogP contribution in [0.1, 0.15) is 23.6 Å². The smallest absolute Gasteiger partial charge is 0.0509 e. The normalized spacial score (nSPS) is 18.6. The van der Waals surface area contributed by atoms with Crippen molar-refractivity contribution in [1.29, 1.82) is 0 Å². The number of rotatable bonds is 3. The monoisotopic (exact) mass is 280 g/mol. The van der Waals surface area contributed by atoms with E-state index < -0.39 is 0 Å². The molecule has 0 aliphatic carbocycles. The molecule has 2 N–H and O–H groups in total. The summed E-state index contributed by atoms with van der Waals surface area (Å²) in [5.41, 5.74) is 10.5. The second kappa shape index (κ2) is 6.00. The average molecular weight is 280 g/mol. The van der Waals surface area contributed by atoms with Crippen LogP contribution < -0.4 is 5.73 Å². The number of hydrogen-bond acceptors (Lipinski definition) is 2. The van der Waals surface area contributed by atoms with Gasteiger partial charge in [0, 0.05) is 19.6 Å². The first kappa shape index (κ1) is 14.3. The van der Waals surface area contributed by atoms with E-state index in [2.05, 4.69) is 60.4 Å². The standard InChI is InChI=1S/C19H24N2/c1-19(20,18-9-3-2-4-10-18)15-21-13-11-16-7-5-6-8-17(16)12-14-21/h2-10H,11-15,20H2,1H3. The van der Waals surface area contributed by atoms with Crippen molar-refractivity contribution in [3.8, 4) is 0 Å². The fraction of sp³-hybridized carbons (Fsp3) is 0.368. The molecule has 2 aromatic carbocycles. The quantitative estimate of drug-likeness (QED) is 0.936. The van der Waals surface area contributed by atoms with Crippen LogP contribution in [-0.2, 0) is 18.4 Å². The van der Waals surface area contributed by atoms with Gasteiger partial charge in [-0.2, -0.15) is 0 Å². The molecule has 0 saturated carbocycles. The molecule has 0 aromatic heterocycles. The van der Waals surface area contributed by atoms with E-state index in [1.807, 2.05) is 6.07 Å². The molecule has 0 amide bonds. The second-order valence-electron chi connectivity index (χ2n) is 6.33. The SMILES string of the molecule is CC(N)(CN1CCc2ccccc2CC1)c1ccccc1. The maximum atomic E-state index is 6.58. The minimum absolute atomic E-state index is 0.294. The molecule has 1 heterocycles. The molecule has 0 spiro atoms. The van der Waals surface area contributed by atoms with Gasteiger partial charge in [-0.05, 0) is 36.5 Å². The summed E-state index contributed by atoms with van der Waals surface area (Å²) < 4.78 is 0. The van der Waals surface area contributed by atoms with Gasteiger partial charge in [0.15, 0.2) is 0 Å². The number of benzene rings is 2. The predicted molar refractivity (Wildman–Crippen MR) is 88.3 cm³/mol. The summed E-state index contributed by atoms with van der Waals surface area (Å²) in [5, 5.41) is 0. The number of fused-ring (bicyclic) bond motifs is 1. The molecular weight excluding hydrogens is 256 g/mol. The van der Waals surface area contributed by atoms with E-state index in [4.69, 9.17) is 5.73 Å². The van der Waals surface area contributed by atoms with Gasteiger partial charge in [0.1, 0.15) is 0 Å². The van der Waals surface area contributed by atoms with Crippen molar-refractivity contribution < 1.29 is 0 Å². The molecule has 1 aliphatic rings. The van der Waals surface area contributed by atoms with E-state index in [0.29, 0.717) is 0 Å². The van der Waals surface area contributed by atoms with Crippen LogP contribution in [0, 0.1) is 0 Å². The Labute approximate surface area is 127 Å². The van der Waals surface area contributed by atoms with Crippen molar-refractivity contribution in [2.45, 2.75) is 25.3 Å². The molecule has 0 fully saturated rings. The number of nitrogens with two attached hydrogens (primary N) is 1. The highest BCUT2D eigenvalue weighted by Gasteiger charge is 2.25. The first-order valence-electron chi connectivity index (χ1n) is 7.79. The fourth-order valence-electron chi connectivity index (χ4n) is 3.25. The Kier molecular flexibility index (Phi) is 4.09. The van der Waals surface area contributed by atoms with Crippen LogP contribution in [0.3, 0.4) is 0 Å². The third kappa shape index (κ3) is 3.34. The summed E-state index contributed by atoms with van der Waals surface area (Å²) in [6.45, 7) is 5.23. The summed E-state index contributed by atoms with van der Waals surface area (Å²) >= 11 is 0. The van der Waals surface area contributed by atoms with Crippen LogP contribution in [-0.4, -0.2) is 24.5 Å². The van der Waals surface area contributed by atoms with Crippen molar-refractivity contribution in [3.05, 3.63) is 71.3 Å². The topological polar surface area (TPSA) is 29.3 Å². The van der Waals surface area contributed by atoms with Crippen molar-refractivity contribution in [1.82, 2.24) is 4.90 Å². The maximum Gasteiger partial charge on any atom is 0.0509 e. The number of hydrogen-bond donors (Lipinski definition) is 1. The van der Waals surface area contributed by atoms with Gasteiger partial charge >= 0.3 is 0 Å². The van der Waals surface area contributed by atoms with Crippen LogP contribution in [0.4, 0.5) is 0 Å². The molecule has 0 bridgehead atoms. The van der Waals surface area contributed by atoms with Gasteiger partial charge < -0.3 is 10.6 Å². The highest BCUT2D eigenvalue weighted by Crippen LogP contribution is 2.21. The van der Waals surface area contributed by atoms with Gasteiger partial charge in [-0.3, -0.25) is 0 Å². The summed E-state index contributed by atoms with van der Waals surface area (Å²) in [4.78, 5) is 2.51. The minimum Gasteiger partial charge on any atom is -0.321 e. The van der Waals surface area contributed by atoms with E-state index in [-0.39, 0.29) is 5.54 Å². The fourth-order valence-corrected chi connectivity index (χ4v) is 3.25. The number of nitrogens with zero attached hydrogens (tertiary/aromatic N) is 1. The third-order valence-corrected chi connectivity index (χ3v) is 4.50. The molecule has 2 heteroatoms. The van der Waals surface area contributed by atoms with Crippen LogP contribution in [0.15, 0.2) is 54.6 Å². The van der Waals surface area contributed by atoms with Crippen LogP contribution >= 0.6 is 0 Å². The molecule has 1 atom stereocenters. The molecular formula is C19H24N2. The highest BCUT2D eigenvalue weighted by molar-refractivity contribution is 5.29. The molecule has 3 rings (SSSR count). The first-order chi connectivity index (χ1) is 10.1. The largest absolute Gasteiger partial charge is 0.321 e. The molecule has 1 unspecified atom stereocenters.